The number of carboxylic acid groups (broad SMARTS) is 1. The smallest absolute Gasteiger partial charge is 0.340 e. The molecule has 1 heterocycles. The molecule has 0 radical (unpaired) electrons. The summed E-state index contributed by atoms with van der Waals surface area (Å²) in [6.45, 7) is 5.60. The Morgan fingerprint density at radius 3 is 2.65 bits per heavy atom. The molecule has 1 aromatic rings. The zero-order chi connectivity index (χ0) is 13.0. The Bertz CT molecular complexity index is 478. The Balaban J connectivity index is 3.29. The number of aromatic nitrogens is 2. The zero-order valence-corrected chi connectivity index (χ0v) is 10.8. The number of rotatable bonds is 4. The maximum Gasteiger partial charge on any atom is 0.340 e. The molecule has 0 unspecified atom stereocenters. The van der Waals surface area contributed by atoms with Crippen LogP contribution in [0.5, 0.6) is 0 Å². The van der Waals surface area contributed by atoms with E-state index in [1.54, 1.807) is 6.92 Å². The van der Waals surface area contributed by atoms with Gasteiger partial charge in [0.15, 0.2) is 0 Å². The summed E-state index contributed by atoms with van der Waals surface area (Å²) in [6.07, 6.45) is 5.18. The van der Waals surface area contributed by atoms with Crippen LogP contribution in [0.15, 0.2) is 5.03 Å². The highest BCUT2D eigenvalue weighted by atomic mass is 32.2. The predicted octanol–water partition coefficient (Wildman–Crippen LogP) is 2.33. The topological polar surface area (TPSA) is 63.1 Å². The monoisotopic (exact) mass is 250 g/mol. The number of aromatic carboxylic acids is 1. The number of thioether (sulfide) groups is 1. The lowest BCUT2D eigenvalue weighted by atomic mass is 10.2. The first-order valence-corrected chi connectivity index (χ1v) is 6.14. The number of carboxylic acids is 1. The van der Waals surface area contributed by atoms with E-state index in [2.05, 4.69) is 15.9 Å². The molecule has 4 nitrogen and oxygen atoms in total. The molecule has 0 bridgehead atoms. The molecule has 90 valence electrons. The SMILES string of the molecule is C#CCSc1nc(C(C)C)nc(C)c1C(=O)O. The number of nitrogens with zero attached hydrogens (tertiary/aromatic N) is 2. The summed E-state index contributed by atoms with van der Waals surface area (Å²) in [5.41, 5.74) is 0.630. The third-order valence-electron chi connectivity index (χ3n) is 2.10. The van der Waals surface area contributed by atoms with Gasteiger partial charge in [-0.25, -0.2) is 14.8 Å². The summed E-state index contributed by atoms with van der Waals surface area (Å²) in [5, 5.41) is 9.58. The van der Waals surface area contributed by atoms with Crippen molar-refractivity contribution in [2.45, 2.75) is 31.7 Å². The van der Waals surface area contributed by atoms with Crippen LogP contribution in [-0.4, -0.2) is 26.8 Å². The van der Waals surface area contributed by atoms with E-state index in [1.807, 2.05) is 13.8 Å². The summed E-state index contributed by atoms with van der Waals surface area (Å²) < 4.78 is 0. The van der Waals surface area contributed by atoms with Crippen LogP contribution in [0.2, 0.25) is 0 Å². The summed E-state index contributed by atoms with van der Waals surface area (Å²) in [6, 6.07) is 0. The first-order valence-electron chi connectivity index (χ1n) is 5.15. The van der Waals surface area contributed by atoms with Gasteiger partial charge in [0.2, 0.25) is 0 Å². The summed E-state index contributed by atoms with van der Waals surface area (Å²) in [7, 11) is 0. The van der Waals surface area contributed by atoms with Crippen molar-refractivity contribution in [1.29, 1.82) is 0 Å². The Kier molecular flexibility index (Phi) is 4.53. The van der Waals surface area contributed by atoms with Gasteiger partial charge in [-0.1, -0.05) is 31.5 Å². The first-order chi connectivity index (χ1) is 7.97. The molecule has 5 heteroatoms. The number of carbonyl (C=O) groups is 1. The van der Waals surface area contributed by atoms with Gasteiger partial charge in [-0.3, -0.25) is 0 Å². The van der Waals surface area contributed by atoms with Crippen molar-refractivity contribution < 1.29 is 9.90 Å². The molecule has 0 amide bonds. The van der Waals surface area contributed by atoms with Gasteiger partial charge in [-0.2, -0.15) is 0 Å². The van der Waals surface area contributed by atoms with Gasteiger partial charge in [0.1, 0.15) is 16.4 Å². The normalized spacial score (nSPS) is 10.3. The fraction of sp³-hybridized carbons (Fsp3) is 0.417. The van der Waals surface area contributed by atoms with E-state index < -0.39 is 5.97 Å². The molecule has 0 spiro atoms. The van der Waals surface area contributed by atoms with E-state index in [9.17, 15) is 4.79 Å². The highest BCUT2D eigenvalue weighted by Crippen LogP contribution is 2.24. The quantitative estimate of drug-likeness (QED) is 0.505. The number of aryl methyl sites for hydroxylation is 1. The van der Waals surface area contributed by atoms with Gasteiger partial charge in [-0.05, 0) is 6.92 Å². The first kappa shape index (κ1) is 13.5. The highest BCUT2D eigenvalue weighted by molar-refractivity contribution is 7.99. The minimum absolute atomic E-state index is 0.148. The highest BCUT2D eigenvalue weighted by Gasteiger charge is 2.18. The molecule has 0 aliphatic heterocycles. The van der Waals surface area contributed by atoms with E-state index in [0.29, 0.717) is 22.3 Å². The maximum atomic E-state index is 11.1. The van der Waals surface area contributed by atoms with Crippen molar-refractivity contribution in [3.8, 4) is 12.3 Å². The van der Waals surface area contributed by atoms with Crippen molar-refractivity contribution in [2.75, 3.05) is 5.75 Å². The van der Waals surface area contributed by atoms with Gasteiger partial charge in [-0.15, -0.1) is 6.42 Å². The lowest BCUT2D eigenvalue weighted by Crippen LogP contribution is -2.10. The van der Waals surface area contributed by atoms with Crippen LogP contribution in [0.1, 0.15) is 41.6 Å². The Morgan fingerprint density at radius 2 is 2.18 bits per heavy atom. The molecule has 0 atom stereocenters. The molecular weight excluding hydrogens is 236 g/mol. The van der Waals surface area contributed by atoms with Crippen LogP contribution < -0.4 is 0 Å². The molecule has 1 N–H and O–H groups in total. The van der Waals surface area contributed by atoms with Crippen molar-refractivity contribution >= 4 is 17.7 Å². The fourth-order valence-electron chi connectivity index (χ4n) is 1.29. The minimum Gasteiger partial charge on any atom is -0.478 e. The molecule has 17 heavy (non-hydrogen) atoms. The van der Waals surface area contributed by atoms with Crippen LogP contribution in [0.3, 0.4) is 0 Å². The van der Waals surface area contributed by atoms with E-state index >= 15 is 0 Å². The Labute approximate surface area is 105 Å². The molecular formula is C12H14N2O2S. The molecule has 1 aromatic heterocycles. The van der Waals surface area contributed by atoms with E-state index in [0.717, 1.165) is 0 Å². The fourth-order valence-corrected chi connectivity index (χ4v) is 2.04. The average molecular weight is 250 g/mol. The molecule has 0 saturated carbocycles. The lowest BCUT2D eigenvalue weighted by Gasteiger charge is -2.10. The van der Waals surface area contributed by atoms with E-state index in [4.69, 9.17) is 11.5 Å². The van der Waals surface area contributed by atoms with Gasteiger partial charge in [0, 0.05) is 5.92 Å². The standard InChI is InChI=1S/C12H14N2O2S/c1-5-6-17-11-9(12(15)16)8(4)13-10(14-11)7(2)3/h1,7H,6H2,2-4H3,(H,15,16). The largest absolute Gasteiger partial charge is 0.478 e. The summed E-state index contributed by atoms with van der Waals surface area (Å²) in [4.78, 5) is 19.6. The van der Waals surface area contributed by atoms with Crippen LogP contribution in [0.25, 0.3) is 0 Å². The number of hydrogen-bond acceptors (Lipinski definition) is 4. The van der Waals surface area contributed by atoms with Crippen LogP contribution in [0, 0.1) is 19.3 Å². The molecule has 1 rings (SSSR count). The van der Waals surface area contributed by atoms with Gasteiger partial charge < -0.3 is 5.11 Å². The van der Waals surface area contributed by atoms with Crippen molar-refractivity contribution in [1.82, 2.24) is 9.97 Å². The second-order valence-electron chi connectivity index (χ2n) is 3.80. The minimum atomic E-state index is -1.02. The Hall–Kier alpha value is -1.54. The molecule has 0 saturated heterocycles. The van der Waals surface area contributed by atoms with Gasteiger partial charge >= 0.3 is 5.97 Å². The Morgan fingerprint density at radius 1 is 1.53 bits per heavy atom. The van der Waals surface area contributed by atoms with E-state index in [-0.39, 0.29) is 11.5 Å². The van der Waals surface area contributed by atoms with Crippen LogP contribution in [-0.2, 0) is 0 Å². The van der Waals surface area contributed by atoms with Gasteiger partial charge in [0.25, 0.3) is 0 Å². The molecule has 0 fully saturated rings. The average Bonchev–Trinajstić information content (AvgIpc) is 2.24. The summed E-state index contributed by atoms with van der Waals surface area (Å²) in [5.74, 6) is 2.64. The number of hydrogen-bond donors (Lipinski definition) is 1. The van der Waals surface area contributed by atoms with Crippen molar-refractivity contribution in [3.63, 3.8) is 0 Å². The van der Waals surface area contributed by atoms with Gasteiger partial charge in [0.05, 0.1) is 11.4 Å². The summed E-state index contributed by atoms with van der Waals surface area (Å²) >= 11 is 1.25. The van der Waals surface area contributed by atoms with Crippen molar-refractivity contribution in [2.24, 2.45) is 0 Å². The predicted molar refractivity (Wildman–Crippen MR) is 67.4 cm³/mol. The van der Waals surface area contributed by atoms with Crippen LogP contribution in [0.4, 0.5) is 0 Å². The van der Waals surface area contributed by atoms with Crippen molar-refractivity contribution in [3.05, 3.63) is 17.1 Å². The molecule has 0 aromatic carbocycles. The second-order valence-corrected chi connectivity index (χ2v) is 4.76. The lowest BCUT2D eigenvalue weighted by molar-refractivity contribution is 0.0690. The molecule has 0 aliphatic rings. The van der Waals surface area contributed by atoms with E-state index in [1.165, 1.54) is 11.8 Å². The third-order valence-corrected chi connectivity index (χ3v) is 2.98. The second kappa shape index (κ2) is 5.69. The third kappa shape index (κ3) is 3.21. The molecule has 0 aliphatic carbocycles. The van der Waals surface area contributed by atoms with Crippen LogP contribution >= 0.6 is 11.8 Å². The number of terminal acetylenes is 1. The maximum absolute atomic E-state index is 11.1. The zero-order valence-electron chi connectivity index (χ0n) is 10.0.